The lowest BCUT2D eigenvalue weighted by Gasteiger charge is -2.31. The fourth-order valence-electron chi connectivity index (χ4n) is 3.45. The Morgan fingerprint density at radius 1 is 1.00 bits per heavy atom. The summed E-state index contributed by atoms with van der Waals surface area (Å²) in [5.41, 5.74) is 1.88. The molecule has 0 aromatic heterocycles. The molecule has 1 fully saturated rings. The first-order valence-electron chi connectivity index (χ1n) is 9.68. The van der Waals surface area contributed by atoms with Gasteiger partial charge in [-0.25, -0.2) is 8.78 Å². The lowest BCUT2D eigenvalue weighted by Crippen LogP contribution is -2.41. The first-order chi connectivity index (χ1) is 14.2. The molecule has 0 radical (unpaired) electrons. The fourth-order valence-corrected chi connectivity index (χ4v) is 3.45. The molecule has 1 aliphatic heterocycles. The average Bonchev–Trinajstić information content (AvgIpc) is 2.70. The molecule has 30 heavy (non-hydrogen) atoms. The summed E-state index contributed by atoms with van der Waals surface area (Å²) in [7, 11) is 0. The molecule has 3 rings (SSSR count). The molecule has 158 valence electrons. The Morgan fingerprint density at radius 3 is 2.33 bits per heavy atom. The fraction of sp³-hybridized carbons (Fsp3) is 0.318. The highest BCUT2D eigenvalue weighted by Gasteiger charge is 2.29. The number of carbonyl (C=O) groups excluding carboxylic acids is 3. The highest BCUT2D eigenvalue weighted by Crippen LogP contribution is 2.25. The van der Waals surface area contributed by atoms with E-state index in [-0.39, 0.29) is 23.3 Å². The summed E-state index contributed by atoms with van der Waals surface area (Å²) in [6.07, 6.45) is 0.871. The third kappa shape index (κ3) is 5.00. The summed E-state index contributed by atoms with van der Waals surface area (Å²) >= 11 is 0. The van der Waals surface area contributed by atoms with Crippen molar-refractivity contribution >= 4 is 29.1 Å². The van der Waals surface area contributed by atoms with E-state index < -0.39 is 17.5 Å². The van der Waals surface area contributed by atoms with Gasteiger partial charge in [-0.1, -0.05) is 6.07 Å². The lowest BCUT2D eigenvalue weighted by molar-refractivity contribution is -0.121. The summed E-state index contributed by atoms with van der Waals surface area (Å²) in [6.45, 7) is 3.87. The Balaban J connectivity index is 1.60. The Hall–Kier alpha value is -3.29. The predicted octanol–water partition coefficient (Wildman–Crippen LogP) is 3.72. The largest absolute Gasteiger partial charge is 0.339 e. The van der Waals surface area contributed by atoms with Crippen molar-refractivity contribution in [3.8, 4) is 0 Å². The lowest BCUT2D eigenvalue weighted by atomic mass is 9.95. The van der Waals surface area contributed by atoms with E-state index in [1.807, 2.05) is 6.92 Å². The number of amides is 3. The molecule has 1 heterocycles. The molecule has 6 nitrogen and oxygen atoms in total. The Bertz CT molecular complexity index is 986. The van der Waals surface area contributed by atoms with Crippen LogP contribution in [0.2, 0.25) is 0 Å². The second-order valence-corrected chi connectivity index (χ2v) is 7.39. The molecule has 8 heteroatoms. The molecular weight excluding hydrogens is 392 g/mol. The predicted molar refractivity (Wildman–Crippen MR) is 109 cm³/mol. The SMILES string of the molecule is CC(=O)Nc1ccc(C)c(NC(=O)C2CCN(C(=O)c3ccc(F)cc3F)CC2)c1. The van der Waals surface area contributed by atoms with Gasteiger partial charge >= 0.3 is 0 Å². The van der Waals surface area contributed by atoms with Crippen LogP contribution in [0.5, 0.6) is 0 Å². The van der Waals surface area contributed by atoms with Crippen LogP contribution in [0.1, 0.15) is 35.7 Å². The molecule has 2 aromatic carbocycles. The van der Waals surface area contributed by atoms with E-state index in [1.54, 1.807) is 18.2 Å². The molecular formula is C22H23F2N3O3. The van der Waals surface area contributed by atoms with Crippen molar-refractivity contribution < 1.29 is 23.2 Å². The third-order valence-corrected chi connectivity index (χ3v) is 5.13. The van der Waals surface area contributed by atoms with Crippen molar-refractivity contribution in [2.24, 2.45) is 5.92 Å². The van der Waals surface area contributed by atoms with Gasteiger partial charge in [0.25, 0.3) is 5.91 Å². The van der Waals surface area contributed by atoms with Crippen LogP contribution >= 0.6 is 0 Å². The molecule has 2 aromatic rings. The van der Waals surface area contributed by atoms with Crippen LogP contribution in [-0.2, 0) is 9.59 Å². The number of halogens is 2. The molecule has 0 unspecified atom stereocenters. The zero-order valence-corrected chi connectivity index (χ0v) is 16.8. The molecule has 1 saturated heterocycles. The van der Waals surface area contributed by atoms with Gasteiger partial charge < -0.3 is 15.5 Å². The van der Waals surface area contributed by atoms with Crippen molar-refractivity contribution in [3.63, 3.8) is 0 Å². The molecule has 0 atom stereocenters. The Morgan fingerprint density at radius 2 is 1.70 bits per heavy atom. The van der Waals surface area contributed by atoms with Gasteiger partial charge in [-0.2, -0.15) is 0 Å². The summed E-state index contributed by atoms with van der Waals surface area (Å²) in [6, 6.07) is 8.13. The van der Waals surface area contributed by atoms with E-state index in [0.717, 1.165) is 17.7 Å². The average molecular weight is 415 g/mol. The topological polar surface area (TPSA) is 78.5 Å². The number of likely N-dealkylation sites (tertiary alicyclic amines) is 1. The minimum Gasteiger partial charge on any atom is -0.339 e. The first-order valence-corrected chi connectivity index (χ1v) is 9.68. The number of carbonyl (C=O) groups is 3. The minimum atomic E-state index is -0.894. The van der Waals surface area contributed by atoms with Crippen LogP contribution in [0.3, 0.4) is 0 Å². The smallest absolute Gasteiger partial charge is 0.256 e. The molecule has 0 aliphatic carbocycles. The van der Waals surface area contributed by atoms with Crippen molar-refractivity contribution in [3.05, 3.63) is 59.2 Å². The van der Waals surface area contributed by atoms with Crippen molar-refractivity contribution in [2.75, 3.05) is 23.7 Å². The standard InChI is InChI=1S/C22H23F2N3O3/c1-13-3-5-17(25-14(2)28)12-20(13)26-21(29)15-7-9-27(10-8-15)22(30)18-6-4-16(23)11-19(18)24/h3-6,11-12,15H,7-10H2,1-2H3,(H,25,28)(H,26,29). The molecule has 1 aliphatic rings. The Kier molecular flexibility index (Phi) is 6.44. The quantitative estimate of drug-likeness (QED) is 0.799. The first kappa shape index (κ1) is 21.4. The summed E-state index contributed by atoms with van der Waals surface area (Å²) < 4.78 is 26.9. The summed E-state index contributed by atoms with van der Waals surface area (Å²) in [5, 5.41) is 5.57. The van der Waals surface area contributed by atoms with E-state index in [2.05, 4.69) is 10.6 Å². The number of hydrogen-bond acceptors (Lipinski definition) is 3. The number of aryl methyl sites for hydroxylation is 1. The summed E-state index contributed by atoms with van der Waals surface area (Å²) in [5.74, 6) is -2.81. The van der Waals surface area contributed by atoms with E-state index >= 15 is 0 Å². The number of hydrogen-bond donors (Lipinski definition) is 2. The maximum absolute atomic E-state index is 13.9. The number of rotatable bonds is 4. The number of nitrogens with one attached hydrogen (secondary N) is 2. The molecule has 0 bridgehead atoms. The van der Waals surface area contributed by atoms with Gasteiger partial charge in [0.15, 0.2) is 0 Å². The van der Waals surface area contributed by atoms with Gasteiger partial charge in [0, 0.05) is 43.4 Å². The van der Waals surface area contributed by atoms with E-state index in [9.17, 15) is 23.2 Å². The van der Waals surface area contributed by atoms with Crippen LogP contribution < -0.4 is 10.6 Å². The summed E-state index contributed by atoms with van der Waals surface area (Å²) in [4.78, 5) is 37.9. The molecule has 3 amide bonds. The number of nitrogens with zero attached hydrogens (tertiary/aromatic N) is 1. The molecule has 0 spiro atoms. The van der Waals surface area contributed by atoms with Crippen molar-refractivity contribution in [1.29, 1.82) is 0 Å². The minimum absolute atomic E-state index is 0.168. The van der Waals surface area contributed by atoms with Crippen LogP contribution in [-0.4, -0.2) is 35.7 Å². The highest BCUT2D eigenvalue weighted by atomic mass is 19.1. The Labute approximate surface area is 173 Å². The molecule has 0 saturated carbocycles. The van der Waals surface area contributed by atoms with Gasteiger partial charge in [0.05, 0.1) is 5.56 Å². The monoisotopic (exact) mass is 415 g/mol. The van der Waals surface area contributed by atoms with Gasteiger partial charge in [0.1, 0.15) is 11.6 Å². The van der Waals surface area contributed by atoms with Crippen LogP contribution in [0.15, 0.2) is 36.4 Å². The van der Waals surface area contributed by atoms with Crippen molar-refractivity contribution in [1.82, 2.24) is 4.90 Å². The van der Waals surface area contributed by atoms with Gasteiger partial charge in [-0.3, -0.25) is 14.4 Å². The zero-order valence-electron chi connectivity index (χ0n) is 16.8. The van der Waals surface area contributed by atoms with E-state index in [1.165, 1.54) is 11.8 Å². The molecule has 2 N–H and O–H groups in total. The van der Waals surface area contributed by atoms with E-state index in [0.29, 0.717) is 43.4 Å². The van der Waals surface area contributed by atoms with E-state index in [4.69, 9.17) is 0 Å². The number of piperidine rings is 1. The van der Waals surface area contributed by atoms with Crippen LogP contribution in [0, 0.1) is 24.5 Å². The number of anilines is 2. The second-order valence-electron chi connectivity index (χ2n) is 7.39. The second kappa shape index (κ2) is 9.02. The maximum atomic E-state index is 13.9. The van der Waals surface area contributed by atoms with Gasteiger partial charge in [-0.05, 0) is 49.6 Å². The van der Waals surface area contributed by atoms with Gasteiger partial charge in [-0.15, -0.1) is 0 Å². The number of benzene rings is 2. The van der Waals surface area contributed by atoms with Crippen molar-refractivity contribution in [2.45, 2.75) is 26.7 Å². The third-order valence-electron chi connectivity index (χ3n) is 5.13. The maximum Gasteiger partial charge on any atom is 0.256 e. The zero-order chi connectivity index (χ0) is 21.8. The highest BCUT2D eigenvalue weighted by molar-refractivity contribution is 5.96. The normalized spacial score (nSPS) is 14.3. The van der Waals surface area contributed by atoms with Crippen LogP contribution in [0.25, 0.3) is 0 Å². The van der Waals surface area contributed by atoms with Crippen LogP contribution in [0.4, 0.5) is 20.2 Å². The van der Waals surface area contributed by atoms with Gasteiger partial charge in [0.2, 0.25) is 11.8 Å².